The molecule has 6 aromatic rings. The van der Waals surface area contributed by atoms with Gasteiger partial charge in [0.25, 0.3) is 11.4 Å². The van der Waals surface area contributed by atoms with Gasteiger partial charge in [-0.05, 0) is 90.2 Å². The number of pyridine rings is 2. The van der Waals surface area contributed by atoms with E-state index < -0.39 is 0 Å². The number of aromatic nitrogens is 2. The normalized spacial score (nSPS) is 17.0. The van der Waals surface area contributed by atoms with Crippen molar-refractivity contribution in [3.63, 3.8) is 0 Å². The molecule has 3 aliphatic rings. The van der Waals surface area contributed by atoms with Crippen LogP contribution in [0.1, 0.15) is 115 Å². The summed E-state index contributed by atoms with van der Waals surface area (Å²) in [5.41, 5.74) is 20.3. The number of hydrogen-bond acceptors (Lipinski definition) is 0. The first-order valence-electron chi connectivity index (χ1n) is 19.1. The van der Waals surface area contributed by atoms with Crippen molar-refractivity contribution < 1.29 is 9.13 Å². The van der Waals surface area contributed by atoms with Crippen molar-refractivity contribution in [1.82, 2.24) is 0 Å². The summed E-state index contributed by atoms with van der Waals surface area (Å²) in [7, 11) is 0. The minimum Gasteiger partial charge on any atom is -0.157 e. The zero-order chi connectivity index (χ0) is 36.7. The van der Waals surface area contributed by atoms with Crippen LogP contribution in [0.2, 0.25) is 0 Å². The zero-order valence-corrected chi connectivity index (χ0v) is 32.9. The fraction of sp³-hybridized carbons (Fsp3) is 0.320. The Morgan fingerprint density at radius 2 is 1.21 bits per heavy atom. The van der Waals surface area contributed by atoms with Gasteiger partial charge in [0.05, 0.1) is 23.1 Å². The maximum Gasteiger partial charge on any atom is 0.287 e. The molecule has 2 aliphatic heterocycles. The first-order valence-corrected chi connectivity index (χ1v) is 19.1. The van der Waals surface area contributed by atoms with Crippen LogP contribution < -0.4 is 9.13 Å². The van der Waals surface area contributed by atoms with E-state index in [1.165, 1.54) is 94.8 Å². The van der Waals surface area contributed by atoms with Gasteiger partial charge in [-0.3, -0.25) is 0 Å². The van der Waals surface area contributed by atoms with E-state index >= 15 is 0 Å². The molecule has 260 valence electrons. The van der Waals surface area contributed by atoms with Crippen molar-refractivity contribution in [2.45, 2.75) is 104 Å². The Kier molecular flexibility index (Phi) is 6.75. The highest BCUT2D eigenvalue weighted by molar-refractivity contribution is 6.00. The fourth-order valence-corrected chi connectivity index (χ4v) is 9.15. The van der Waals surface area contributed by atoms with Crippen molar-refractivity contribution >= 4 is 22.2 Å². The third kappa shape index (κ3) is 4.76. The van der Waals surface area contributed by atoms with Gasteiger partial charge >= 0.3 is 0 Å². The van der Waals surface area contributed by atoms with Gasteiger partial charge in [0.1, 0.15) is 0 Å². The highest BCUT2D eigenvalue weighted by Crippen LogP contribution is 2.54. The number of hydrogen-bond donors (Lipinski definition) is 0. The second-order valence-electron chi connectivity index (χ2n) is 19.2. The van der Waals surface area contributed by atoms with Crippen molar-refractivity contribution in [3.05, 3.63) is 142 Å². The van der Waals surface area contributed by atoms with Gasteiger partial charge in [-0.15, -0.1) is 0 Å². The molecule has 0 unspecified atom stereocenters. The first kappa shape index (κ1) is 33.0. The summed E-state index contributed by atoms with van der Waals surface area (Å²) in [6.07, 6.45) is 5.64. The Morgan fingerprint density at radius 1 is 0.538 bits per heavy atom. The molecule has 0 amide bonds. The minimum absolute atomic E-state index is 0.0216. The zero-order valence-electron chi connectivity index (χ0n) is 32.9. The summed E-state index contributed by atoms with van der Waals surface area (Å²) in [5.74, 6) is 0. The van der Waals surface area contributed by atoms with Crippen LogP contribution >= 0.6 is 0 Å². The lowest BCUT2D eigenvalue weighted by atomic mass is 9.79. The van der Waals surface area contributed by atoms with E-state index in [9.17, 15) is 0 Å². The second-order valence-corrected chi connectivity index (χ2v) is 19.2. The van der Waals surface area contributed by atoms with Crippen LogP contribution in [0.3, 0.4) is 0 Å². The second kappa shape index (κ2) is 10.6. The van der Waals surface area contributed by atoms with Crippen molar-refractivity contribution in [2.24, 2.45) is 0 Å². The van der Waals surface area contributed by atoms with Crippen molar-refractivity contribution in [1.29, 1.82) is 0 Å². The van der Waals surface area contributed by atoms with E-state index in [1.54, 1.807) is 0 Å². The summed E-state index contributed by atoms with van der Waals surface area (Å²) < 4.78 is 5.05. The Labute approximate surface area is 310 Å². The Bertz CT molecular complexity index is 2550. The molecule has 0 spiro atoms. The van der Waals surface area contributed by atoms with E-state index in [1.807, 2.05) is 0 Å². The number of fused-ring (bicyclic) bond motifs is 11. The highest BCUT2D eigenvalue weighted by atomic mass is 15.1. The van der Waals surface area contributed by atoms with Gasteiger partial charge < -0.3 is 0 Å². The summed E-state index contributed by atoms with van der Waals surface area (Å²) in [4.78, 5) is 0. The van der Waals surface area contributed by atoms with E-state index in [2.05, 4.69) is 189 Å². The molecule has 2 aromatic heterocycles. The molecule has 0 atom stereocenters. The predicted octanol–water partition coefficient (Wildman–Crippen LogP) is 11.7. The quantitative estimate of drug-likeness (QED) is 0.141. The molecule has 9 rings (SSSR count). The average molecular weight is 681 g/mol. The molecule has 0 saturated heterocycles. The number of allylic oxidation sites excluding steroid dienone is 1. The highest BCUT2D eigenvalue weighted by Gasteiger charge is 2.46. The standard InChI is InChI=1S/C50H52N2/c1-47(2,3)32-17-20-35-31(24-32)25-44(52-29-34(49(7,8)9)18-21-42(35)52)46-40-28-41-38(27-39(40)43-26-33(48(4,5)6)22-23-51(43)46)37-19-16-30-14-12-13-15-36(30)45(37)50(41,10)11/h12-24,26-29H,25H2,1-11H3/q+2/b46-44+. The molecule has 0 saturated carbocycles. The van der Waals surface area contributed by atoms with Crippen LogP contribution in [0.15, 0.2) is 103 Å². The topological polar surface area (TPSA) is 7.76 Å². The maximum atomic E-state index is 2.57. The lowest BCUT2D eigenvalue weighted by Crippen LogP contribution is -2.45. The lowest BCUT2D eigenvalue weighted by Gasteiger charge is -2.25. The molecule has 0 N–H and O–H groups in total. The minimum atomic E-state index is -0.141. The monoisotopic (exact) mass is 680 g/mol. The number of benzene rings is 4. The molecule has 0 radical (unpaired) electrons. The predicted molar refractivity (Wildman–Crippen MR) is 218 cm³/mol. The maximum absolute atomic E-state index is 2.57. The number of nitrogens with zero attached hydrogens (tertiary/aromatic N) is 2. The number of rotatable bonds is 0. The molecule has 4 heterocycles. The molecular weight excluding hydrogens is 629 g/mol. The van der Waals surface area contributed by atoms with Gasteiger partial charge in [0.2, 0.25) is 11.4 Å². The van der Waals surface area contributed by atoms with E-state index in [-0.39, 0.29) is 21.7 Å². The van der Waals surface area contributed by atoms with Crippen LogP contribution in [0.4, 0.5) is 0 Å². The summed E-state index contributed by atoms with van der Waals surface area (Å²) in [6.45, 7) is 25.8. The van der Waals surface area contributed by atoms with Gasteiger partial charge in [0.15, 0.2) is 12.4 Å². The van der Waals surface area contributed by atoms with E-state index in [4.69, 9.17) is 0 Å². The van der Waals surface area contributed by atoms with Crippen LogP contribution in [0, 0.1) is 0 Å². The van der Waals surface area contributed by atoms with Crippen LogP contribution in [-0.2, 0) is 28.1 Å². The average Bonchev–Trinajstić information content (AvgIpc) is 3.52. The van der Waals surface area contributed by atoms with Gasteiger partial charge in [0, 0.05) is 29.2 Å². The molecule has 1 aliphatic carbocycles. The van der Waals surface area contributed by atoms with Crippen LogP contribution in [-0.4, -0.2) is 0 Å². The van der Waals surface area contributed by atoms with Crippen molar-refractivity contribution in [2.75, 3.05) is 0 Å². The summed E-state index contributed by atoms with van der Waals surface area (Å²) in [5, 5.41) is 2.67. The van der Waals surface area contributed by atoms with Crippen LogP contribution in [0.25, 0.3) is 55.8 Å². The molecule has 2 heteroatoms. The third-order valence-electron chi connectivity index (χ3n) is 12.3. The van der Waals surface area contributed by atoms with Gasteiger partial charge in [-0.2, -0.15) is 9.13 Å². The lowest BCUT2D eigenvalue weighted by molar-refractivity contribution is -0.597. The van der Waals surface area contributed by atoms with Crippen LogP contribution in [0.5, 0.6) is 0 Å². The molecule has 0 bridgehead atoms. The molecule has 4 aromatic carbocycles. The van der Waals surface area contributed by atoms with Crippen molar-refractivity contribution in [3.8, 4) is 33.6 Å². The van der Waals surface area contributed by atoms with Gasteiger partial charge in [-0.25, -0.2) is 0 Å². The molecular formula is C50H52N2+2. The fourth-order valence-electron chi connectivity index (χ4n) is 9.15. The Balaban J connectivity index is 1.38. The molecule has 2 nitrogen and oxygen atoms in total. The summed E-state index contributed by atoms with van der Waals surface area (Å²) >= 11 is 0. The first-order chi connectivity index (χ1) is 24.4. The molecule has 52 heavy (non-hydrogen) atoms. The van der Waals surface area contributed by atoms with E-state index in [0.717, 1.165) is 6.42 Å². The Hall–Kier alpha value is -4.82. The summed E-state index contributed by atoms with van der Waals surface area (Å²) in [6, 6.07) is 35.4. The Morgan fingerprint density at radius 3 is 1.94 bits per heavy atom. The van der Waals surface area contributed by atoms with Gasteiger partial charge in [-0.1, -0.05) is 125 Å². The molecule has 0 fully saturated rings. The smallest absolute Gasteiger partial charge is 0.157 e. The largest absolute Gasteiger partial charge is 0.287 e. The third-order valence-corrected chi connectivity index (χ3v) is 12.3. The SMILES string of the molecule is CC(C)(C)c1ccc2c(c1)C/C(=C1/c3cc4c(cc3-c3cc(C(C)(C)C)cc[n+]31)-c1ccc3ccccc3c1C4(C)C)[n+]1cc(C(C)(C)C)ccc1-2. The van der Waals surface area contributed by atoms with E-state index in [0.29, 0.717) is 0 Å².